The lowest BCUT2D eigenvalue weighted by molar-refractivity contribution is 0.569. The maximum atomic E-state index is 13.3. The average molecular weight is 600 g/mol. The fourth-order valence-corrected chi connectivity index (χ4v) is 8.93. The van der Waals surface area contributed by atoms with E-state index in [0.717, 1.165) is 27.5 Å². The molecule has 9 aromatic rings. The van der Waals surface area contributed by atoms with Crippen LogP contribution >= 0.6 is 0 Å². The number of para-hydroxylation sites is 2. The molecule has 2 aromatic heterocycles. The highest BCUT2D eigenvalue weighted by Gasteiger charge is 2.52. The monoisotopic (exact) mass is 599 g/mol. The highest BCUT2D eigenvalue weighted by Crippen LogP contribution is 2.64. The second kappa shape index (κ2) is 8.74. The Morgan fingerprint density at radius 3 is 1.85 bits per heavy atom. The lowest BCUT2D eigenvalue weighted by atomic mass is 9.70. The van der Waals surface area contributed by atoms with Crippen LogP contribution < -0.4 is 5.63 Å². The van der Waals surface area contributed by atoms with Gasteiger partial charge in [0.2, 0.25) is 0 Å². The van der Waals surface area contributed by atoms with Crippen molar-refractivity contribution in [3.8, 4) is 27.9 Å². The van der Waals surface area contributed by atoms with Crippen molar-refractivity contribution in [3.05, 3.63) is 184 Å². The van der Waals surface area contributed by atoms with Gasteiger partial charge in [-0.15, -0.1) is 0 Å². The zero-order valence-electron chi connectivity index (χ0n) is 25.2. The molecule has 3 nitrogen and oxygen atoms in total. The Bertz CT molecular complexity index is 2840. The number of hydrogen-bond donors (Lipinski definition) is 0. The number of nitrogens with zero attached hydrogens (tertiary/aromatic N) is 1. The third-order valence-electron chi connectivity index (χ3n) is 10.7. The molecule has 0 radical (unpaired) electrons. The highest BCUT2D eigenvalue weighted by atomic mass is 16.4. The van der Waals surface area contributed by atoms with Crippen LogP contribution in [-0.4, -0.2) is 4.57 Å². The Kier molecular flexibility index (Phi) is 4.66. The van der Waals surface area contributed by atoms with Crippen LogP contribution in [0.5, 0.6) is 0 Å². The van der Waals surface area contributed by atoms with Crippen molar-refractivity contribution in [2.45, 2.75) is 5.41 Å². The Morgan fingerprint density at radius 2 is 1.09 bits per heavy atom. The Morgan fingerprint density at radius 1 is 0.468 bits per heavy atom. The van der Waals surface area contributed by atoms with Crippen molar-refractivity contribution in [2.75, 3.05) is 0 Å². The van der Waals surface area contributed by atoms with Gasteiger partial charge < -0.3 is 8.98 Å². The molecule has 0 aliphatic heterocycles. The van der Waals surface area contributed by atoms with E-state index in [1.165, 1.54) is 55.3 Å². The zero-order valence-corrected chi connectivity index (χ0v) is 25.2. The van der Waals surface area contributed by atoms with Crippen LogP contribution in [0.25, 0.3) is 71.5 Å². The fourth-order valence-electron chi connectivity index (χ4n) is 8.93. The maximum Gasteiger partial charge on any atom is 0.344 e. The molecule has 0 saturated heterocycles. The van der Waals surface area contributed by atoms with Crippen LogP contribution in [0.1, 0.15) is 22.3 Å². The fraction of sp³-hybridized carbons (Fsp3) is 0.0227. The van der Waals surface area contributed by atoms with Gasteiger partial charge >= 0.3 is 5.63 Å². The number of rotatable bonds is 1. The van der Waals surface area contributed by atoms with Gasteiger partial charge in [-0.25, -0.2) is 4.79 Å². The maximum absolute atomic E-state index is 13.3. The molecule has 0 N–H and O–H groups in total. The molecule has 2 heterocycles. The summed E-state index contributed by atoms with van der Waals surface area (Å²) in [6.45, 7) is 0. The Hall–Kier alpha value is -6.19. The van der Waals surface area contributed by atoms with Crippen molar-refractivity contribution in [3.63, 3.8) is 0 Å². The summed E-state index contributed by atoms with van der Waals surface area (Å²) in [5, 5.41) is 4.84. The molecule has 0 fully saturated rings. The zero-order chi connectivity index (χ0) is 30.9. The van der Waals surface area contributed by atoms with Crippen molar-refractivity contribution in [2.24, 2.45) is 0 Å². The molecule has 2 aliphatic carbocycles. The lowest BCUT2D eigenvalue weighted by Crippen LogP contribution is -2.25. The molecule has 2 aliphatic rings. The Balaban J connectivity index is 1.28. The molecule has 0 amide bonds. The molecule has 11 rings (SSSR count). The second-order valence-corrected chi connectivity index (χ2v) is 12.7. The summed E-state index contributed by atoms with van der Waals surface area (Å²) in [5.41, 5.74) is 13.5. The van der Waals surface area contributed by atoms with E-state index in [4.69, 9.17) is 4.42 Å². The van der Waals surface area contributed by atoms with E-state index in [-0.39, 0.29) is 5.63 Å². The van der Waals surface area contributed by atoms with E-state index < -0.39 is 5.41 Å². The van der Waals surface area contributed by atoms with Gasteiger partial charge in [0.15, 0.2) is 0 Å². The van der Waals surface area contributed by atoms with Gasteiger partial charge in [0.1, 0.15) is 5.58 Å². The van der Waals surface area contributed by atoms with Crippen LogP contribution in [0.3, 0.4) is 0 Å². The highest BCUT2D eigenvalue weighted by molar-refractivity contribution is 6.19. The molecule has 47 heavy (non-hydrogen) atoms. The van der Waals surface area contributed by atoms with Crippen LogP contribution in [0.2, 0.25) is 0 Å². The molecule has 0 saturated carbocycles. The first kappa shape index (κ1) is 25.1. The first-order chi connectivity index (χ1) is 23.2. The molecule has 1 spiro atoms. The third kappa shape index (κ3) is 2.95. The van der Waals surface area contributed by atoms with E-state index in [0.29, 0.717) is 11.0 Å². The Labute approximate surface area is 269 Å². The summed E-state index contributed by atoms with van der Waals surface area (Å²) in [6.07, 6.45) is 0. The first-order valence-electron chi connectivity index (χ1n) is 16.1. The van der Waals surface area contributed by atoms with Crippen LogP contribution in [0.4, 0.5) is 0 Å². The SMILES string of the molecule is O=c1oc2ccccc2c2ccc(-n3c4ccccc4c4c5c(ccc43)C3(c4ccccc4-c4ccccc43)c3ccccc3-5)cc12. The summed E-state index contributed by atoms with van der Waals surface area (Å²) in [6, 6.07) is 54.0. The molecule has 0 bridgehead atoms. The van der Waals surface area contributed by atoms with Crippen molar-refractivity contribution in [1.82, 2.24) is 4.57 Å². The second-order valence-electron chi connectivity index (χ2n) is 12.7. The number of fused-ring (bicyclic) bond motifs is 17. The van der Waals surface area contributed by atoms with E-state index in [2.05, 4.69) is 126 Å². The predicted molar refractivity (Wildman–Crippen MR) is 191 cm³/mol. The minimum absolute atomic E-state index is 0.323. The van der Waals surface area contributed by atoms with Crippen LogP contribution in [-0.2, 0) is 5.41 Å². The van der Waals surface area contributed by atoms with E-state index in [1.807, 2.05) is 30.3 Å². The van der Waals surface area contributed by atoms with Crippen molar-refractivity contribution < 1.29 is 4.42 Å². The number of benzene rings is 7. The summed E-state index contributed by atoms with van der Waals surface area (Å²) in [4.78, 5) is 13.3. The number of aromatic nitrogens is 1. The minimum Gasteiger partial charge on any atom is -0.422 e. The molecule has 218 valence electrons. The largest absolute Gasteiger partial charge is 0.422 e. The topological polar surface area (TPSA) is 35.1 Å². The third-order valence-corrected chi connectivity index (χ3v) is 10.7. The van der Waals surface area contributed by atoms with Crippen molar-refractivity contribution in [1.29, 1.82) is 0 Å². The lowest BCUT2D eigenvalue weighted by Gasteiger charge is -2.30. The first-order valence-corrected chi connectivity index (χ1v) is 16.1. The smallest absolute Gasteiger partial charge is 0.344 e. The minimum atomic E-state index is -0.403. The van der Waals surface area contributed by atoms with Gasteiger partial charge in [-0.1, -0.05) is 121 Å². The predicted octanol–water partition coefficient (Wildman–Crippen LogP) is 10.4. The molecule has 7 aromatic carbocycles. The molecular formula is C44H25NO2. The van der Waals surface area contributed by atoms with E-state index in [9.17, 15) is 4.79 Å². The average Bonchev–Trinajstić information content (AvgIpc) is 3.73. The standard InChI is InChI=1S/C44H25NO2/c46-43-33-25-26(21-22-27(33)30-13-5-10-20-40(30)47-43)45-38-19-9-4-15-32(38)42-39(45)24-23-37-41(42)31-14-3-8-18-36(31)44(37)34-16-6-1-11-28(34)29-12-2-7-17-35(29)44/h1-25H. The van der Waals surface area contributed by atoms with Gasteiger partial charge in [-0.3, -0.25) is 0 Å². The summed E-state index contributed by atoms with van der Waals surface area (Å²) < 4.78 is 8.08. The van der Waals surface area contributed by atoms with E-state index >= 15 is 0 Å². The van der Waals surface area contributed by atoms with E-state index in [1.54, 1.807) is 0 Å². The van der Waals surface area contributed by atoms with Gasteiger partial charge in [0, 0.05) is 27.2 Å². The van der Waals surface area contributed by atoms with Crippen LogP contribution in [0, 0.1) is 0 Å². The summed E-state index contributed by atoms with van der Waals surface area (Å²) in [7, 11) is 0. The summed E-state index contributed by atoms with van der Waals surface area (Å²) in [5.74, 6) is 0. The van der Waals surface area contributed by atoms with Crippen molar-refractivity contribution >= 4 is 43.5 Å². The van der Waals surface area contributed by atoms with Gasteiger partial charge in [0.05, 0.1) is 21.8 Å². The normalized spacial score (nSPS) is 13.8. The molecule has 3 heteroatoms. The van der Waals surface area contributed by atoms with Gasteiger partial charge in [-0.2, -0.15) is 0 Å². The van der Waals surface area contributed by atoms with Crippen LogP contribution in [0.15, 0.2) is 161 Å². The molecule has 0 atom stereocenters. The molecular weight excluding hydrogens is 574 g/mol. The molecule has 0 unspecified atom stereocenters. The summed E-state index contributed by atoms with van der Waals surface area (Å²) >= 11 is 0. The number of hydrogen-bond acceptors (Lipinski definition) is 2. The quantitative estimate of drug-likeness (QED) is 0.139. The van der Waals surface area contributed by atoms with Gasteiger partial charge in [-0.05, 0) is 74.8 Å². The van der Waals surface area contributed by atoms with Gasteiger partial charge in [0.25, 0.3) is 0 Å².